The average Bonchev–Trinajstić information content (AvgIpc) is 2.22. The summed E-state index contributed by atoms with van der Waals surface area (Å²) in [5, 5.41) is 13.4. The maximum atomic E-state index is 8.97. The quantitative estimate of drug-likeness (QED) is 0.839. The molecule has 0 aromatic heterocycles. The third-order valence-electron chi connectivity index (χ3n) is 2.23. The molecule has 1 aromatic rings. The van der Waals surface area contributed by atoms with E-state index in [4.69, 9.17) is 28.3 Å². The van der Waals surface area contributed by atoms with Crippen LogP contribution in [0.5, 0.6) is 0 Å². The summed E-state index contributed by atoms with van der Waals surface area (Å²) in [6.07, 6.45) is 0.633. The second-order valence-electron chi connectivity index (χ2n) is 3.27. The van der Waals surface area contributed by atoms with Gasteiger partial charge in [-0.1, -0.05) is 42.3 Å². The monoisotopic (exact) mass is 247 g/mol. The molecule has 0 aliphatic rings. The van der Waals surface area contributed by atoms with Crippen LogP contribution in [0.25, 0.3) is 0 Å². The highest BCUT2D eigenvalue weighted by Gasteiger charge is 2.14. The van der Waals surface area contributed by atoms with Gasteiger partial charge in [-0.05, 0) is 24.6 Å². The summed E-state index contributed by atoms with van der Waals surface area (Å²) in [6.45, 7) is 2.97. The van der Waals surface area contributed by atoms with E-state index < -0.39 is 0 Å². The largest absolute Gasteiger partial charge is 0.396 e. The highest BCUT2D eigenvalue weighted by molar-refractivity contribution is 6.42. The summed E-state index contributed by atoms with van der Waals surface area (Å²) in [6, 6.07) is 5.61. The molecule has 0 bridgehead atoms. The second kappa shape index (κ2) is 6.33. The molecule has 4 heteroatoms. The maximum Gasteiger partial charge on any atom is 0.0640 e. The zero-order valence-electron chi connectivity index (χ0n) is 8.63. The molecule has 1 atom stereocenters. The lowest BCUT2D eigenvalue weighted by molar-refractivity contribution is 0.266. The predicted octanol–water partition coefficient (Wildman–Crippen LogP) is 3.03. The second-order valence-corrected chi connectivity index (χ2v) is 4.05. The van der Waals surface area contributed by atoms with Gasteiger partial charge in [-0.15, -0.1) is 0 Å². The lowest BCUT2D eigenvalue weighted by atomic mass is 10.0. The van der Waals surface area contributed by atoms with Crippen LogP contribution in [0.15, 0.2) is 18.2 Å². The number of halogens is 2. The van der Waals surface area contributed by atoms with Crippen molar-refractivity contribution in [2.45, 2.75) is 19.4 Å². The molecular weight excluding hydrogens is 233 g/mol. The van der Waals surface area contributed by atoms with Gasteiger partial charge in [0.25, 0.3) is 0 Å². The van der Waals surface area contributed by atoms with Crippen molar-refractivity contribution in [3.05, 3.63) is 33.8 Å². The SMILES string of the molecule is CCNC(CCO)c1cccc(Cl)c1Cl. The van der Waals surface area contributed by atoms with Crippen molar-refractivity contribution in [1.29, 1.82) is 0 Å². The van der Waals surface area contributed by atoms with Crippen molar-refractivity contribution in [2.75, 3.05) is 13.2 Å². The smallest absolute Gasteiger partial charge is 0.0640 e. The van der Waals surface area contributed by atoms with E-state index in [1.54, 1.807) is 6.07 Å². The fourth-order valence-corrected chi connectivity index (χ4v) is 1.97. The molecule has 15 heavy (non-hydrogen) atoms. The van der Waals surface area contributed by atoms with E-state index in [0.29, 0.717) is 16.5 Å². The average molecular weight is 248 g/mol. The number of hydrogen-bond donors (Lipinski definition) is 2. The fraction of sp³-hybridized carbons (Fsp3) is 0.455. The van der Waals surface area contributed by atoms with Crippen molar-refractivity contribution in [3.63, 3.8) is 0 Å². The van der Waals surface area contributed by atoms with Crippen LogP contribution in [0, 0.1) is 0 Å². The topological polar surface area (TPSA) is 32.3 Å². The van der Waals surface area contributed by atoms with Crippen molar-refractivity contribution >= 4 is 23.2 Å². The zero-order chi connectivity index (χ0) is 11.3. The third-order valence-corrected chi connectivity index (χ3v) is 3.06. The number of benzene rings is 1. The van der Waals surface area contributed by atoms with Crippen LogP contribution in [-0.4, -0.2) is 18.3 Å². The first kappa shape index (κ1) is 12.8. The van der Waals surface area contributed by atoms with E-state index in [0.717, 1.165) is 12.1 Å². The number of rotatable bonds is 5. The van der Waals surface area contributed by atoms with Crippen molar-refractivity contribution in [1.82, 2.24) is 5.32 Å². The molecule has 1 unspecified atom stereocenters. The van der Waals surface area contributed by atoms with E-state index in [1.165, 1.54) is 0 Å². The summed E-state index contributed by atoms with van der Waals surface area (Å²) < 4.78 is 0. The first-order valence-electron chi connectivity index (χ1n) is 4.98. The third kappa shape index (κ3) is 3.35. The van der Waals surface area contributed by atoms with Crippen LogP contribution in [0.2, 0.25) is 10.0 Å². The number of aliphatic hydroxyl groups excluding tert-OH is 1. The van der Waals surface area contributed by atoms with Crippen molar-refractivity contribution < 1.29 is 5.11 Å². The van der Waals surface area contributed by atoms with Gasteiger partial charge in [0.15, 0.2) is 0 Å². The van der Waals surface area contributed by atoms with Gasteiger partial charge in [0.05, 0.1) is 10.0 Å². The minimum absolute atomic E-state index is 0.0613. The molecule has 0 saturated heterocycles. The molecule has 84 valence electrons. The minimum Gasteiger partial charge on any atom is -0.396 e. The Hall–Kier alpha value is -0.280. The Kier molecular flexibility index (Phi) is 5.40. The van der Waals surface area contributed by atoms with E-state index in [9.17, 15) is 0 Å². The molecule has 2 N–H and O–H groups in total. The first-order valence-corrected chi connectivity index (χ1v) is 5.74. The molecule has 0 fully saturated rings. The van der Waals surface area contributed by atoms with Crippen LogP contribution in [0.4, 0.5) is 0 Å². The van der Waals surface area contributed by atoms with Gasteiger partial charge < -0.3 is 10.4 Å². The molecule has 0 amide bonds. The first-order chi connectivity index (χ1) is 7.20. The highest BCUT2D eigenvalue weighted by atomic mass is 35.5. The molecule has 1 rings (SSSR count). The number of aliphatic hydroxyl groups is 1. The highest BCUT2D eigenvalue weighted by Crippen LogP contribution is 2.31. The Labute approximate surface area is 100 Å². The number of nitrogens with one attached hydrogen (secondary N) is 1. The molecule has 1 aromatic carbocycles. The molecule has 0 aliphatic heterocycles. The van der Waals surface area contributed by atoms with Gasteiger partial charge in [-0.2, -0.15) is 0 Å². The Morgan fingerprint density at radius 1 is 1.40 bits per heavy atom. The lowest BCUT2D eigenvalue weighted by Gasteiger charge is -2.18. The molecule has 0 saturated carbocycles. The van der Waals surface area contributed by atoms with E-state index >= 15 is 0 Å². The van der Waals surface area contributed by atoms with Gasteiger partial charge in [-0.3, -0.25) is 0 Å². The Morgan fingerprint density at radius 2 is 2.13 bits per heavy atom. The summed E-state index contributed by atoms with van der Waals surface area (Å²) in [7, 11) is 0. The van der Waals surface area contributed by atoms with Gasteiger partial charge in [0, 0.05) is 12.6 Å². The molecule has 0 spiro atoms. The Balaban J connectivity index is 2.94. The van der Waals surface area contributed by atoms with Crippen LogP contribution >= 0.6 is 23.2 Å². The minimum atomic E-state index is 0.0613. The molecule has 0 radical (unpaired) electrons. The molecule has 0 heterocycles. The fourth-order valence-electron chi connectivity index (χ4n) is 1.53. The maximum absolute atomic E-state index is 8.97. The van der Waals surface area contributed by atoms with Crippen LogP contribution < -0.4 is 5.32 Å². The molecular formula is C11H15Cl2NO. The van der Waals surface area contributed by atoms with Crippen molar-refractivity contribution in [3.8, 4) is 0 Å². The summed E-state index contributed by atoms with van der Waals surface area (Å²) in [4.78, 5) is 0. The van der Waals surface area contributed by atoms with Crippen LogP contribution in [-0.2, 0) is 0 Å². The normalized spacial score (nSPS) is 12.8. The van der Waals surface area contributed by atoms with E-state index in [2.05, 4.69) is 5.32 Å². The Morgan fingerprint density at radius 3 is 2.73 bits per heavy atom. The van der Waals surface area contributed by atoms with Gasteiger partial charge >= 0.3 is 0 Å². The van der Waals surface area contributed by atoms with Crippen LogP contribution in [0.1, 0.15) is 24.9 Å². The van der Waals surface area contributed by atoms with Gasteiger partial charge in [0.1, 0.15) is 0 Å². The van der Waals surface area contributed by atoms with E-state index in [1.807, 2.05) is 19.1 Å². The van der Waals surface area contributed by atoms with Crippen LogP contribution in [0.3, 0.4) is 0 Å². The van der Waals surface area contributed by atoms with E-state index in [-0.39, 0.29) is 12.6 Å². The molecule has 0 aliphatic carbocycles. The Bertz CT molecular complexity index is 311. The summed E-state index contributed by atoms with van der Waals surface area (Å²) in [5.41, 5.74) is 0.945. The summed E-state index contributed by atoms with van der Waals surface area (Å²) >= 11 is 12.0. The molecule has 2 nitrogen and oxygen atoms in total. The zero-order valence-corrected chi connectivity index (χ0v) is 10.1. The lowest BCUT2D eigenvalue weighted by Crippen LogP contribution is -2.22. The standard InChI is InChI=1S/C11H15Cl2NO/c1-2-14-10(6-7-15)8-4-3-5-9(12)11(8)13/h3-5,10,14-15H,2,6-7H2,1H3. The van der Waals surface area contributed by atoms with Crippen molar-refractivity contribution in [2.24, 2.45) is 0 Å². The predicted molar refractivity (Wildman–Crippen MR) is 64.6 cm³/mol. The van der Waals surface area contributed by atoms with Gasteiger partial charge in [-0.25, -0.2) is 0 Å². The summed E-state index contributed by atoms with van der Waals surface area (Å²) in [5.74, 6) is 0. The number of hydrogen-bond acceptors (Lipinski definition) is 2. The van der Waals surface area contributed by atoms with Gasteiger partial charge in [0.2, 0.25) is 0 Å².